The van der Waals surface area contributed by atoms with E-state index in [1.54, 1.807) is 12.4 Å². The molecule has 1 aliphatic heterocycles. The SMILES string of the molecule is CC(NC(=O)C1CCCCCCN1)c1ncc[nH]1. The third-order valence-corrected chi connectivity index (χ3v) is 3.42. The predicted octanol–water partition coefficient (Wildman–Crippen LogP) is 1.51. The van der Waals surface area contributed by atoms with Crippen molar-refractivity contribution >= 4 is 5.91 Å². The second-order valence-electron chi connectivity index (χ2n) is 4.91. The Bertz CT molecular complexity index is 355. The topological polar surface area (TPSA) is 69.8 Å². The van der Waals surface area contributed by atoms with Gasteiger partial charge in [-0.1, -0.05) is 19.3 Å². The number of hydrogen-bond donors (Lipinski definition) is 3. The van der Waals surface area contributed by atoms with Crippen molar-refractivity contribution in [3.05, 3.63) is 18.2 Å². The van der Waals surface area contributed by atoms with E-state index in [-0.39, 0.29) is 18.0 Å². The first-order valence-corrected chi connectivity index (χ1v) is 6.80. The number of hydrogen-bond acceptors (Lipinski definition) is 3. The summed E-state index contributed by atoms with van der Waals surface area (Å²) >= 11 is 0. The first-order valence-electron chi connectivity index (χ1n) is 6.80. The van der Waals surface area contributed by atoms with Gasteiger partial charge in [0.2, 0.25) is 5.91 Å². The smallest absolute Gasteiger partial charge is 0.237 e. The summed E-state index contributed by atoms with van der Waals surface area (Å²) in [6.45, 7) is 2.88. The van der Waals surface area contributed by atoms with Gasteiger partial charge in [-0.15, -0.1) is 0 Å². The van der Waals surface area contributed by atoms with Gasteiger partial charge in [0.05, 0.1) is 12.1 Å². The predicted molar refractivity (Wildman–Crippen MR) is 70.0 cm³/mol. The number of nitrogens with one attached hydrogen (secondary N) is 3. The Morgan fingerprint density at radius 2 is 2.28 bits per heavy atom. The van der Waals surface area contributed by atoms with Gasteiger partial charge in [-0.25, -0.2) is 4.98 Å². The number of nitrogens with zero attached hydrogens (tertiary/aromatic N) is 1. The molecule has 0 spiro atoms. The summed E-state index contributed by atoms with van der Waals surface area (Å²) in [4.78, 5) is 19.3. The molecule has 5 nitrogen and oxygen atoms in total. The monoisotopic (exact) mass is 250 g/mol. The van der Waals surface area contributed by atoms with Gasteiger partial charge in [-0.2, -0.15) is 0 Å². The fourth-order valence-electron chi connectivity index (χ4n) is 2.33. The van der Waals surface area contributed by atoms with E-state index in [1.807, 2.05) is 6.92 Å². The fourth-order valence-corrected chi connectivity index (χ4v) is 2.33. The maximum absolute atomic E-state index is 12.2. The Labute approximate surface area is 108 Å². The van der Waals surface area contributed by atoms with Gasteiger partial charge < -0.3 is 15.6 Å². The van der Waals surface area contributed by atoms with Gasteiger partial charge in [-0.3, -0.25) is 4.79 Å². The first kappa shape index (κ1) is 13.1. The van der Waals surface area contributed by atoms with E-state index < -0.39 is 0 Å². The van der Waals surface area contributed by atoms with Gasteiger partial charge in [0, 0.05) is 12.4 Å². The highest BCUT2D eigenvalue weighted by Crippen LogP contribution is 2.11. The fraction of sp³-hybridized carbons (Fsp3) is 0.692. The van der Waals surface area contributed by atoms with Crippen LogP contribution in [0.4, 0.5) is 0 Å². The minimum atomic E-state index is -0.0697. The highest BCUT2D eigenvalue weighted by atomic mass is 16.2. The molecule has 0 bridgehead atoms. The molecule has 5 heteroatoms. The summed E-state index contributed by atoms with van der Waals surface area (Å²) < 4.78 is 0. The second-order valence-corrected chi connectivity index (χ2v) is 4.91. The van der Waals surface area contributed by atoms with Crippen molar-refractivity contribution in [1.29, 1.82) is 0 Å². The molecular weight excluding hydrogens is 228 g/mol. The number of rotatable bonds is 3. The van der Waals surface area contributed by atoms with Gasteiger partial charge >= 0.3 is 0 Å². The van der Waals surface area contributed by atoms with E-state index in [1.165, 1.54) is 12.8 Å². The summed E-state index contributed by atoms with van der Waals surface area (Å²) in [6.07, 6.45) is 9.19. The molecule has 0 saturated carbocycles. The first-order chi connectivity index (χ1) is 8.77. The van der Waals surface area contributed by atoms with Crippen molar-refractivity contribution in [2.45, 2.75) is 51.1 Å². The van der Waals surface area contributed by atoms with Crippen LogP contribution in [0.2, 0.25) is 0 Å². The third kappa shape index (κ3) is 3.57. The molecule has 100 valence electrons. The lowest BCUT2D eigenvalue weighted by molar-refractivity contribution is -0.124. The van der Waals surface area contributed by atoms with Crippen LogP contribution in [0.25, 0.3) is 0 Å². The lowest BCUT2D eigenvalue weighted by atomic mass is 10.0. The second kappa shape index (κ2) is 6.54. The quantitative estimate of drug-likeness (QED) is 0.761. The molecule has 1 saturated heterocycles. The molecule has 1 aromatic heterocycles. The lowest BCUT2D eigenvalue weighted by Gasteiger charge is -2.22. The molecule has 0 aliphatic carbocycles. The largest absolute Gasteiger partial charge is 0.347 e. The van der Waals surface area contributed by atoms with Crippen molar-refractivity contribution in [2.75, 3.05) is 6.54 Å². The molecule has 3 N–H and O–H groups in total. The Morgan fingerprint density at radius 1 is 1.44 bits per heavy atom. The van der Waals surface area contributed by atoms with Gasteiger partial charge in [0.1, 0.15) is 5.82 Å². The Balaban J connectivity index is 1.86. The van der Waals surface area contributed by atoms with Gasteiger partial charge in [0.25, 0.3) is 0 Å². The maximum Gasteiger partial charge on any atom is 0.237 e. The van der Waals surface area contributed by atoms with Crippen LogP contribution in [0.15, 0.2) is 12.4 Å². The zero-order chi connectivity index (χ0) is 12.8. The normalized spacial score (nSPS) is 22.8. The highest BCUT2D eigenvalue weighted by Gasteiger charge is 2.21. The van der Waals surface area contributed by atoms with E-state index in [9.17, 15) is 4.79 Å². The van der Waals surface area contributed by atoms with Crippen LogP contribution >= 0.6 is 0 Å². The molecule has 18 heavy (non-hydrogen) atoms. The van der Waals surface area contributed by atoms with Crippen LogP contribution in [-0.2, 0) is 4.79 Å². The van der Waals surface area contributed by atoms with Gasteiger partial charge in [0.15, 0.2) is 0 Å². The molecule has 2 rings (SSSR count). The van der Waals surface area contributed by atoms with E-state index in [2.05, 4.69) is 20.6 Å². The summed E-state index contributed by atoms with van der Waals surface area (Å²) in [7, 11) is 0. The standard InChI is InChI=1S/C13H22N4O/c1-10(12-15-8-9-16-12)17-13(18)11-6-4-2-3-5-7-14-11/h8-11,14H,2-7H2,1H3,(H,15,16)(H,17,18). The van der Waals surface area contributed by atoms with Crippen molar-refractivity contribution in [3.8, 4) is 0 Å². The van der Waals surface area contributed by atoms with E-state index in [0.717, 1.165) is 31.6 Å². The molecule has 2 heterocycles. The highest BCUT2D eigenvalue weighted by molar-refractivity contribution is 5.82. The van der Waals surface area contributed by atoms with Crippen LogP contribution in [0.1, 0.15) is 50.9 Å². The molecule has 1 aliphatic rings. The number of H-pyrrole nitrogens is 1. The third-order valence-electron chi connectivity index (χ3n) is 3.42. The molecule has 2 atom stereocenters. The van der Waals surface area contributed by atoms with E-state index in [4.69, 9.17) is 0 Å². The summed E-state index contributed by atoms with van der Waals surface area (Å²) in [5, 5.41) is 6.33. The van der Waals surface area contributed by atoms with Crippen LogP contribution < -0.4 is 10.6 Å². The number of imidazole rings is 1. The zero-order valence-corrected chi connectivity index (χ0v) is 10.9. The lowest BCUT2D eigenvalue weighted by Crippen LogP contribution is -2.45. The minimum Gasteiger partial charge on any atom is -0.347 e. The zero-order valence-electron chi connectivity index (χ0n) is 10.9. The van der Waals surface area contributed by atoms with E-state index in [0.29, 0.717) is 0 Å². The van der Waals surface area contributed by atoms with Crippen LogP contribution in [-0.4, -0.2) is 28.5 Å². The number of carbonyl (C=O) groups is 1. The molecule has 2 unspecified atom stereocenters. The van der Waals surface area contributed by atoms with Crippen molar-refractivity contribution in [3.63, 3.8) is 0 Å². The maximum atomic E-state index is 12.2. The molecule has 1 fully saturated rings. The minimum absolute atomic E-state index is 0.0530. The van der Waals surface area contributed by atoms with Crippen LogP contribution in [0.5, 0.6) is 0 Å². The summed E-state index contributed by atoms with van der Waals surface area (Å²) in [6, 6.07) is -0.123. The molecule has 1 aromatic rings. The van der Waals surface area contributed by atoms with E-state index >= 15 is 0 Å². The number of aromatic amines is 1. The molecule has 1 amide bonds. The number of amides is 1. The Morgan fingerprint density at radius 3 is 3.06 bits per heavy atom. The van der Waals surface area contributed by atoms with Crippen molar-refractivity contribution in [2.24, 2.45) is 0 Å². The average Bonchev–Trinajstić information content (AvgIpc) is 2.81. The Hall–Kier alpha value is -1.36. The summed E-state index contributed by atoms with van der Waals surface area (Å²) in [5.41, 5.74) is 0. The summed E-state index contributed by atoms with van der Waals surface area (Å²) in [5.74, 6) is 0.884. The molecule has 0 radical (unpaired) electrons. The molecular formula is C13H22N4O. The Kier molecular flexibility index (Phi) is 4.75. The van der Waals surface area contributed by atoms with Crippen molar-refractivity contribution in [1.82, 2.24) is 20.6 Å². The van der Waals surface area contributed by atoms with Crippen LogP contribution in [0.3, 0.4) is 0 Å². The average molecular weight is 250 g/mol. The van der Waals surface area contributed by atoms with Crippen molar-refractivity contribution < 1.29 is 4.79 Å². The number of carbonyl (C=O) groups excluding carboxylic acids is 1. The van der Waals surface area contributed by atoms with Gasteiger partial charge in [-0.05, 0) is 26.3 Å². The number of aromatic nitrogens is 2. The van der Waals surface area contributed by atoms with Crippen LogP contribution in [0, 0.1) is 0 Å². The molecule has 0 aromatic carbocycles.